The Kier molecular flexibility index (Phi) is 11.5. The van der Waals surface area contributed by atoms with Gasteiger partial charge in [-0.3, -0.25) is 4.79 Å². The second kappa shape index (κ2) is 16.3. The molecule has 1 saturated heterocycles. The first-order valence-corrected chi connectivity index (χ1v) is 22.9. The van der Waals surface area contributed by atoms with Gasteiger partial charge in [0, 0.05) is 84.3 Å². The molecular weight excluding hydrogens is 777 g/mol. The van der Waals surface area contributed by atoms with Crippen LogP contribution in [0.25, 0.3) is 11.0 Å². The van der Waals surface area contributed by atoms with Gasteiger partial charge < -0.3 is 40.1 Å². The first-order chi connectivity index (χ1) is 27.9. The highest BCUT2D eigenvalue weighted by Gasteiger charge is 2.64. The number of nitrogen functional groups attached to an aromatic ring is 1. The molecule has 2 aliphatic carbocycles. The number of aliphatic hydroxyl groups excluding tert-OH is 2. The molecule has 0 unspecified atom stereocenters. The Morgan fingerprint density at radius 3 is 2.79 bits per heavy atom. The fourth-order valence-electron chi connectivity index (χ4n) is 10.1. The van der Waals surface area contributed by atoms with Gasteiger partial charge in [0.25, 0.3) is 0 Å². The summed E-state index contributed by atoms with van der Waals surface area (Å²) in [4.78, 5) is 48.1. The van der Waals surface area contributed by atoms with Crippen molar-refractivity contribution < 1.29 is 33.7 Å². The standard InChI is InChI=1S/C44H54N4O8S2/c1-5-24(2)41(52)56-43(3)11-10-26-23-57-58-36-9-8-33(46-4)32-21-48(40(32)36)38(51)16-30-20-47-37(45)17-31(30)39(26)44(43)19-29-15-27-14-28(13-25(22-50)7-6-12-49)42(53)54-34(27)18-35(29)55-44/h5,10,14-15,17-18,20,25,32-33,36,39-40,46,49-50H,6-9,11-13,16,19,21-23H2,1-4H3,(H2,45,47)/b24-5+/t25-,32-,33+,36-,39+,40+,43-,44-/m1/s1. The molecule has 1 saturated carbocycles. The lowest BCUT2D eigenvalue weighted by Crippen LogP contribution is -2.69. The van der Waals surface area contributed by atoms with Crippen LogP contribution in [0.15, 0.2) is 63.0 Å². The van der Waals surface area contributed by atoms with Crippen LogP contribution in [0.1, 0.15) is 81.0 Å². The van der Waals surface area contributed by atoms with Crippen LogP contribution in [0.3, 0.4) is 0 Å². The lowest BCUT2D eigenvalue weighted by atomic mass is 9.61. The molecule has 58 heavy (non-hydrogen) atoms. The second-order valence-electron chi connectivity index (χ2n) is 16.9. The molecule has 3 aromatic rings. The van der Waals surface area contributed by atoms with Gasteiger partial charge in [-0.15, -0.1) is 0 Å². The van der Waals surface area contributed by atoms with Gasteiger partial charge in [-0.2, -0.15) is 0 Å². The first-order valence-electron chi connectivity index (χ1n) is 20.5. The number of fused-ring (bicyclic) bond motifs is 6. The quantitative estimate of drug-likeness (QED) is 0.0723. The zero-order valence-corrected chi connectivity index (χ0v) is 35.3. The number of carbonyl (C=O) groups is 2. The third kappa shape index (κ3) is 7.16. The van der Waals surface area contributed by atoms with Crippen molar-refractivity contribution in [1.82, 2.24) is 15.2 Å². The molecule has 2 fully saturated rings. The predicted octanol–water partition coefficient (Wildman–Crippen LogP) is 5.26. The van der Waals surface area contributed by atoms with E-state index in [2.05, 4.69) is 21.3 Å². The van der Waals surface area contributed by atoms with E-state index in [1.54, 1.807) is 43.0 Å². The number of hydrogen-bond acceptors (Lipinski definition) is 13. The van der Waals surface area contributed by atoms with Gasteiger partial charge in [-0.1, -0.05) is 39.3 Å². The van der Waals surface area contributed by atoms with Crippen LogP contribution in [0.5, 0.6) is 5.75 Å². The smallest absolute Gasteiger partial charge is 0.339 e. The molecule has 5 heterocycles. The number of allylic oxidation sites excluding steroid dienone is 1. The minimum Gasteiger partial charge on any atom is -0.481 e. The fraction of sp³-hybridized carbons (Fsp3) is 0.545. The third-order valence-corrected chi connectivity index (χ3v) is 16.4. The van der Waals surface area contributed by atoms with Crippen LogP contribution >= 0.6 is 21.6 Å². The SMILES string of the molecule is C/C=C(\C)C(=O)O[C@]1(C)CC=C2CSS[C@@H]3CC[C@H](NC)[C@H]4CN(C(=O)Cc5cnc(N)cc5[C@H]2[C@]12Cc1cc5cc(C[C@H](CO)CCCO)c(=O)oc5cc1O2)[C@@H]43. The molecule has 14 heteroatoms. The van der Waals surface area contributed by atoms with Crippen molar-refractivity contribution in [3.05, 3.63) is 86.4 Å². The largest absolute Gasteiger partial charge is 0.481 e. The summed E-state index contributed by atoms with van der Waals surface area (Å²) < 4.78 is 19.8. The molecule has 2 aromatic heterocycles. The number of hydrogen-bond donors (Lipinski definition) is 4. The minimum absolute atomic E-state index is 0.00967. The molecule has 3 aliphatic heterocycles. The number of nitrogens with two attached hydrogens (primary N) is 1. The molecular formula is C44H54N4O8S2. The Morgan fingerprint density at radius 2 is 2.03 bits per heavy atom. The summed E-state index contributed by atoms with van der Waals surface area (Å²) >= 11 is 0. The van der Waals surface area contributed by atoms with Crippen LogP contribution in [0.2, 0.25) is 0 Å². The van der Waals surface area contributed by atoms with E-state index >= 15 is 0 Å². The van der Waals surface area contributed by atoms with Gasteiger partial charge in [0.2, 0.25) is 5.91 Å². The number of amides is 1. The number of benzene rings is 1. The average Bonchev–Trinajstić information content (AvgIpc) is 3.56. The maximum absolute atomic E-state index is 14.4. The van der Waals surface area contributed by atoms with E-state index < -0.39 is 28.7 Å². The highest BCUT2D eigenvalue weighted by Crippen LogP contribution is 2.59. The minimum atomic E-state index is -1.20. The Bertz CT molecular complexity index is 2230. The number of carbonyl (C=O) groups excluding carboxylic acids is 2. The summed E-state index contributed by atoms with van der Waals surface area (Å²) in [7, 11) is 5.70. The van der Waals surface area contributed by atoms with Gasteiger partial charge in [0.15, 0.2) is 11.2 Å². The Morgan fingerprint density at radius 1 is 1.21 bits per heavy atom. The van der Waals surface area contributed by atoms with Crippen molar-refractivity contribution in [3.63, 3.8) is 0 Å². The van der Waals surface area contributed by atoms with Crippen LogP contribution in [0, 0.1) is 11.8 Å². The molecule has 5 aliphatic rings. The van der Waals surface area contributed by atoms with Gasteiger partial charge in [0.1, 0.15) is 17.2 Å². The molecule has 1 amide bonds. The Labute approximate surface area is 346 Å². The van der Waals surface area contributed by atoms with Crippen molar-refractivity contribution in [3.8, 4) is 5.75 Å². The van der Waals surface area contributed by atoms with E-state index in [1.165, 1.54) is 0 Å². The topological polar surface area (TPSA) is 177 Å². The highest BCUT2D eigenvalue weighted by molar-refractivity contribution is 8.77. The first kappa shape index (κ1) is 40.9. The van der Waals surface area contributed by atoms with Crippen LogP contribution in [0.4, 0.5) is 5.82 Å². The van der Waals surface area contributed by atoms with Gasteiger partial charge >= 0.3 is 11.6 Å². The molecule has 8 rings (SSSR count). The van der Waals surface area contributed by atoms with E-state index in [1.807, 2.05) is 43.0 Å². The van der Waals surface area contributed by atoms with Crippen LogP contribution in [-0.2, 0) is 33.6 Å². The molecule has 310 valence electrons. The van der Waals surface area contributed by atoms with Crippen molar-refractivity contribution in [2.45, 2.75) is 107 Å². The highest BCUT2D eigenvalue weighted by atomic mass is 33.1. The summed E-state index contributed by atoms with van der Waals surface area (Å²) in [5.74, 6) is 0.845. The Hall–Kier alpha value is -3.82. The molecule has 12 nitrogen and oxygen atoms in total. The number of nitrogens with one attached hydrogen (secondary N) is 1. The number of aromatic nitrogens is 1. The van der Waals surface area contributed by atoms with Crippen LogP contribution in [-0.4, -0.2) is 93.1 Å². The maximum atomic E-state index is 14.4. The summed E-state index contributed by atoms with van der Waals surface area (Å²) in [6.45, 7) is 6.09. The third-order valence-electron chi connectivity index (χ3n) is 13.5. The van der Waals surface area contributed by atoms with Crippen molar-refractivity contribution in [1.29, 1.82) is 0 Å². The van der Waals surface area contributed by atoms with Crippen molar-refractivity contribution >= 4 is 50.3 Å². The number of anilines is 1. The van der Waals surface area contributed by atoms with Crippen molar-refractivity contribution in [2.24, 2.45) is 11.8 Å². The Balaban J connectivity index is 1.25. The number of rotatable bonds is 9. The molecule has 1 aromatic carbocycles. The fourth-order valence-corrected chi connectivity index (χ4v) is 13.2. The van der Waals surface area contributed by atoms with E-state index in [9.17, 15) is 24.6 Å². The van der Waals surface area contributed by atoms with Crippen LogP contribution < -0.4 is 21.4 Å². The number of aliphatic hydroxyl groups is 2. The number of esters is 1. The van der Waals surface area contributed by atoms with E-state index in [4.69, 9.17) is 19.6 Å². The summed E-state index contributed by atoms with van der Waals surface area (Å²) in [5.41, 5.74) is 8.44. The summed E-state index contributed by atoms with van der Waals surface area (Å²) in [6, 6.07) is 7.98. The zero-order valence-electron chi connectivity index (χ0n) is 33.6. The van der Waals surface area contributed by atoms with Gasteiger partial charge in [-0.05, 0) is 101 Å². The van der Waals surface area contributed by atoms with E-state index in [0.29, 0.717) is 88.7 Å². The molecule has 0 radical (unpaired) electrons. The number of pyridine rings is 1. The maximum Gasteiger partial charge on any atom is 0.339 e. The summed E-state index contributed by atoms with van der Waals surface area (Å²) in [5, 5.41) is 23.9. The normalized spacial score (nSPS) is 29.8. The number of nitrogens with zero attached hydrogens (tertiary/aromatic N) is 2. The molecule has 8 atom stereocenters. The molecule has 1 spiro atoms. The van der Waals surface area contributed by atoms with Gasteiger partial charge in [0.05, 0.1) is 18.4 Å². The number of ether oxygens (including phenoxy) is 2. The average molecular weight is 831 g/mol. The van der Waals surface area contributed by atoms with Gasteiger partial charge in [-0.25, -0.2) is 14.6 Å². The molecule has 0 bridgehead atoms. The van der Waals surface area contributed by atoms with E-state index in [0.717, 1.165) is 41.6 Å². The monoisotopic (exact) mass is 830 g/mol. The van der Waals surface area contributed by atoms with Crippen molar-refractivity contribution in [2.75, 3.05) is 38.3 Å². The zero-order chi connectivity index (χ0) is 40.9. The lowest BCUT2D eigenvalue weighted by Gasteiger charge is -2.57. The predicted molar refractivity (Wildman–Crippen MR) is 227 cm³/mol. The van der Waals surface area contributed by atoms with E-state index in [-0.39, 0.29) is 37.5 Å². The summed E-state index contributed by atoms with van der Waals surface area (Å²) in [6.07, 6.45) is 10.0. The second-order valence-corrected chi connectivity index (χ2v) is 19.5. The lowest BCUT2D eigenvalue weighted by molar-refractivity contribution is -0.183. The molecule has 5 N–H and O–H groups in total.